The summed E-state index contributed by atoms with van der Waals surface area (Å²) >= 11 is 0. The van der Waals surface area contributed by atoms with E-state index in [-0.39, 0.29) is 18.2 Å². The number of benzene rings is 1. The molecule has 1 aromatic carbocycles. The number of hydrogen-bond donors (Lipinski definition) is 0. The first-order chi connectivity index (χ1) is 11.8. The lowest BCUT2D eigenvalue weighted by atomic mass is 9.97. The van der Waals surface area contributed by atoms with E-state index in [4.69, 9.17) is 4.74 Å². The lowest BCUT2D eigenvalue weighted by Gasteiger charge is -2.22. The summed E-state index contributed by atoms with van der Waals surface area (Å²) in [6, 6.07) is 0.372. The van der Waals surface area contributed by atoms with Gasteiger partial charge in [-0.05, 0) is 36.3 Å². The number of ether oxygens (including phenoxy) is 1. The van der Waals surface area contributed by atoms with Gasteiger partial charge >= 0.3 is 18.4 Å². The Morgan fingerprint density at radius 3 is 2.08 bits per heavy atom. The first kappa shape index (κ1) is 19.9. The third kappa shape index (κ3) is 4.03. The van der Waals surface area contributed by atoms with Crippen LogP contribution in [0.15, 0.2) is 43.0 Å². The third-order valence-corrected chi connectivity index (χ3v) is 3.99. The minimum atomic E-state index is -4.97. The maximum absolute atomic E-state index is 13.0. The molecule has 0 aromatic heterocycles. The van der Waals surface area contributed by atoms with Gasteiger partial charge in [0.25, 0.3) is 0 Å². The molecule has 0 saturated carbocycles. The molecule has 2 rings (SSSR count). The molecule has 1 saturated heterocycles. The van der Waals surface area contributed by atoms with Crippen LogP contribution in [0.4, 0.5) is 31.1 Å². The summed E-state index contributed by atoms with van der Waals surface area (Å²) in [6.45, 7) is 8.59. The molecule has 0 N–H and O–H groups in total. The lowest BCUT2D eigenvalue weighted by Crippen LogP contribution is -2.33. The largest absolute Gasteiger partial charge is 0.439 e. The van der Waals surface area contributed by atoms with Crippen molar-refractivity contribution in [3.05, 3.63) is 59.7 Å². The van der Waals surface area contributed by atoms with E-state index < -0.39 is 41.7 Å². The smallest absolute Gasteiger partial charge is 0.416 e. The van der Waals surface area contributed by atoms with Crippen LogP contribution in [0.5, 0.6) is 0 Å². The maximum atomic E-state index is 13.0. The molecule has 0 spiro atoms. The summed E-state index contributed by atoms with van der Waals surface area (Å²) in [5, 5.41) is 0. The highest BCUT2D eigenvalue weighted by Crippen LogP contribution is 2.40. The molecule has 1 fully saturated rings. The zero-order valence-corrected chi connectivity index (χ0v) is 13.6. The summed E-state index contributed by atoms with van der Waals surface area (Å²) in [5.41, 5.74) is -2.84. The van der Waals surface area contributed by atoms with E-state index in [1.165, 1.54) is 17.9 Å². The van der Waals surface area contributed by atoms with Crippen LogP contribution in [0.2, 0.25) is 0 Å². The predicted molar refractivity (Wildman–Crippen MR) is 81.2 cm³/mol. The lowest BCUT2D eigenvalue weighted by molar-refractivity contribution is -0.143. The molecule has 1 aromatic rings. The van der Waals surface area contributed by atoms with Gasteiger partial charge in [-0.2, -0.15) is 26.3 Å². The van der Waals surface area contributed by atoms with Crippen LogP contribution in [0.1, 0.15) is 29.7 Å². The molecular weight excluding hydrogens is 364 g/mol. The fourth-order valence-corrected chi connectivity index (χ4v) is 2.59. The standard InChI is InChI=1S/C17H15F6NO2/c1-4-9(2)8-24-10(3)14(26-15(24)25)11-5-12(16(18,19)20)7-13(6-11)17(21,22)23/h4-7,10,14H,1-2,8H2,3H3. The predicted octanol–water partition coefficient (Wildman–Crippen LogP) is 5.35. The number of nitrogens with zero attached hydrogens (tertiary/aromatic N) is 1. The SMILES string of the molecule is C=CC(=C)CN1C(=O)OC(c2cc(C(F)(F)F)cc(C(F)(F)F)c2)C1C. The number of cyclic esters (lactones) is 1. The molecule has 1 aliphatic rings. The Labute approximate surface area is 145 Å². The fourth-order valence-electron chi connectivity index (χ4n) is 2.59. The minimum Gasteiger partial charge on any atom is -0.439 e. The number of carbonyl (C=O) groups is 1. The highest BCUT2D eigenvalue weighted by atomic mass is 19.4. The average Bonchev–Trinajstić information content (AvgIpc) is 2.80. The van der Waals surface area contributed by atoms with Crippen molar-refractivity contribution in [1.29, 1.82) is 0 Å². The van der Waals surface area contributed by atoms with E-state index >= 15 is 0 Å². The van der Waals surface area contributed by atoms with E-state index in [1.54, 1.807) is 0 Å². The second-order valence-corrected chi connectivity index (χ2v) is 5.87. The Bertz CT molecular complexity index is 705. The minimum absolute atomic E-state index is 0.00505. The van der Waals surface area contributed by atoms with Gasteiger partial charge in [-0.1, -0.05) is 19.2 Å². The fraction of sp³-hybridized carbons (Fsp3) is 0.353. The normalized spacial score (nSPS) is 20.9. The Kier molecular flexibility index (Phi) is 5.12. The average molecular weight is 379 g/mol. The molecule has 0 radical (unpaired) electrons. The van der Waals surface area contributed by atoms with Crippen molar-refractivity contribution in [1.82, 2.24) is 4.90 Å². The van der Waals surface area contributed by atoms with Crippen LogP contribution >= 0.6 is 0 Å². The highest BCUT2D eigenvalue weighted by molar-refractivity contribution is 5.71. The van der Waals surface area contributed by atoms with Gasteiger partial charge in [-0.25, -0.2) is 4.79 Å². The summed E-state index contributed by atoms with van der Waals surface area (Å²) in [4.78, 5) is 13.1. The number of rotatable bonds is 4. The van der Waals surface area contributed by atoms with Gasteiger partial charge in [0.05, 0.1) is 17.2 Å². The van der Waals surface area contributed by atoms with E-state index in [9.17, 15) is 31.1 Å². The van der Waals surface area contributed by atoms with E-state index in [2.05, 4.69) is 13.2 Å². The molecule has 0 aliphatic carbocycles. The first-order valence-electron chi connectivity index (χ1n) is 7.41. The van der Waals surface area contributed by atoms with Crippen LogP contribution in [0.25, 0.3) is 0 Å². The van der Waals surface area contributed by atoms with Crippen molar-refractivity contribution >= 4 is 6.09 Å². The molecule has 3 nitrogen and oxygen atoms in total. The van der Waals surface area contributed by atoms with Crippen LogP contribution < -0.4 is 0 Å². The van der Waals surface area contributed by atoms with E-state index in [0.29, 0.717) is 17.7 Å². The zero-order valence-electron chi connectivity index (χ0n) is 13.6. The number of halogens is 6. The second-order valence-electron chi connectivity index (χ2n) is 5.87. The van der Waals surface area contributed by atoms with Crippen LogP contribution in [0, 0.1) is 0 Å². The third-order valence-electron chi connectivity index (χ3n) is 3.99. The molecule has 1 heterocycles. The number of hydrogen-bond acceptors (Lipinski definition) is 2. The van der Waals surface area contributed by atoms with Gasteiger partial charge < -0.3 is 4.74 Å². The second kappa shape index (κ2) is 6.69. The van der Waals surface area contributed by atoms with Crippen molar-refractivity contribution < 1.29 is 35.9 Å². The molecule has 9 heteroatoms. The molecule has 0 bridgehead atoms. The number of alkyl halides is 6. The maximum Gasteiger partial charge on any atom is 0.416 e. The Balaban J connectivity index is 2.46. The molecule has 142 valence electrons. The van der Waals surface area contributed by atoms with Crippen molar-refractivity contribution in [2.24, 2.45) is 0 Å². The zero-order chi connectivity index (χ0) is 19.9. The summed E-state index contributed by atoms with van der Waals surface area (Å²) in [5.74, 6) is 0. The van der Waals surface area contributed by atoms with Gasteiger partial charge in [-0.3, -0.25) is 4.90 Å². The van der Waals surface area contributed by atoms with Crippen LogP contribution in [0.3, 0.4) is 0 Å². The van der Waals surface area contributed by atoms with Crippen LogP contribution in [-0.4, -0.2) is 23.6 Å². The van der Waals surface area contributed by atoms with Crippen molar-refractivity contribution in [2.75, 3.05) is 6.54 Å². The number of carbonyl (C=O) groups excluding carboxylic acids is 1. The Hall–Kier alpha value is -2.45. The van der Waals surface area contributed by atoms with Crippen molar-refractivity contribution in [2.45, 2.75) is 31.4 Å². The molecule has 1 amide bonds. The van der Waals surface area contributed by atoms with Crippen molar-refractivity contribution in [3.63, 3.8) is 0 Å². The highest BCUT2D eigenvalue weighted by Gasteiger charge is 2.43. The molecule has 2 atom stereocenters. The first-order valence-corrected chi connectivity index (χ1v) is 7.41. The Morgan fingerprint density at radius 2 is 1.65 bits per heavy atom. The van der Waals surface area contributed by atoms with Gasteiger partial charge in [0.2, 0.25) is 0 Å². The molecular formula is C17H15F6NO2. The van der Waals surface area contributed by atoms with E-state index in [1.807, 2.05) is 0 Å². The van der Waals surface area contributed by atoms with E-state index in [0.717, 1.165) is 0 Å². The Morgan fingerprint density at radius 1 is 1.15 bits per heavy atom. The monoisotopic (exact) mass is 379 g/mol. The van der Waals surface area contributed by atoms with Gasteiger partial charge in [0.1, 0.15) is 6.10 Å². The van der Waals surface area contributed by atoms with Gasteiger partial charge in [0, 0.05) is 6.54 Å². The molecule has 1 aliphatic heterocycles. The quantitative estimate of drug-likeness (QED) is 0.522. The topological polar surface area (TPSA) is 29.5 Å². The van der Waals surface area contributed by atoms with Gasteiger partial charge in [-0.15, -0.1) is 0 Å². The number of amides is 1. The summed E-state index contributed by atoms with van der Waals surface area (Å²) in [6.07, 6.45) is -10.7. The molecule has 26 heavy (non-hydrogen) atoms. The van der Waals surface area contributed by atoms with Crippen LogP contribution in [-0.2, 0) is 17.1 Å². The summed E-state index contributed by atoms with van der Waals surface area (Å²) < 4.78 is 82.9. The van der Waals surface area contributed by atoms with Crippen molar-refractivity contribution in [3.8, 4) is 0 Å². The summed E-state index contributed by atoms with van der Waals surface area (Å²) in [7, 11) is 0. The molecule has 2 unspecified atom stereocenters. The van der Waals surface area contributed by atoms with Gasteiger partial charge in [0.15, 0.2) is 0 Å².